The third-order valence-electron chi connectivity index (χ3n) is 6.19. The average molecular weight is 479 g/mol. The van der Waals surface area contributed by atoms with Crippen LogP contribution in [0.15, 0.2) is 60.9 Å². The maximum atomic E-state index is 10.0. The minimum Gasteiger partial charge on any atom is -0.493 e. The molecular weight excluding hydrogens is 452 g/mol. The van der Waals surface area contributed by atoms with Gasteiger partial charge in [0.1, 0.15) is 18.2 Å². The second-order valence-corrected chi connectivity index (χ2v) is 8.65. The van der Waals surface area contributed by atoms with Gasteiger partial charge in [0.05, 0.1) is 43.3 Å². The van der Waals surface area contributed by atoms with E-state index in [4.69, 9.17) is 19.2 Å². The van der Waals surface area contributed by atoms with E-state index in [0.29, 0.717) is 54.3 Å². The first kappa shape index (κ1) is 23.5. The van der Waals surface area contributed by atoms with Crippen LogP contribution < -0.4 is 9.47 Å². The Morgan fingerprint density at radius 3 is 2.67 bits per heavy atom. The van der Waals surface area contributed by atoms with Gasteiger partial charge in [0, 0.05) is 17.5 Å². The van der Waals surface area contributed by atoms with E-state index in [0.717, 1.165) is 40.1 Å². The highest BCUT2D eigenvalue weighted by atomic mass is 16.5. The number of rotatable bonds is 7. The van der Waals surface area contributed by atoms with Gasteiger partial charge in [-0.2, -0.15) is 5.26 Å². The highest BCUT2D eigenvalue weighted by Gasteiger charge is 2.15. The maximum absolute atomic E-state index is 10.0. The molecule has 1 aliphatic heterocycles. The number of nitrogens with zero attached hydrogens (tertiary/aromatic N) is 4. The fourth-order valence-corrected chi connectivity index (χ4v) is 4.21. The summed E-state index contributed by atoms with van der Waals surface area (Å²) in [6, 6.07) is 16.0. The second-order valence-electron chi connectivity index (χ2n) is 8.65. The standard InChI is InChI=1S/C29H26N4O3/c1-19-3-4-21(16-31-19)18-36-27-8-5-20(14-28(27)34-2)13-23-6-7-25-29(24(23)15-30)33-26(17-32-25)22-9-11-35-12-10-22/h3-9,14,16-17H,10-13,18H2,1-2H3. The van der Waals surface area contributed by atoms with Crippen molar-refractivity contribution in [3.8, 4) is 17.6 Å². The Balaban J connectivity index is 1.40. The van der Waals surface area contributed by atoms with Crippen LogP contribution in [0.4, 0.5) is 0 Å². The van der Waals surface area contributed by atoms with E-state index in [2.05, 4.69) is 16.0 Å². The van der Waals surface area contributed by atoms with Gasteiger partial charge in [-0.1, -0.05) is 24.3 Å². The zero-order chi connectivity index (χ0) is 24.9. The Labute approximate surface area is 210 Å². The molecule has 2 aromatic heterocycles. The molecule has 0 spiro atoms. The SMILES string of the molecule is COc1cc(Cc2ccc3ncc(C4=CCOCC4)nc3c2C#N)ccc1OCc1ccc(C)nc1. The molecule has 4 aromatic rings. The lowest BCUT2D eigenvalue weighted by atomic mass is 9.98. The van der Waals surface area contributed by atoms with Crippen LogP contribution in [0.25, 0.3) is 16.6 Å². The molecule has 0 radical (unpaired) electrons. The fraction of sp³-hybridized carbons (Fsp3) is 0.241. The van der Waals surface area contributed by atoms with Crippen molar-refractivity contribution in [3.05, 3.63) is 94.6 Å². The van der Waals surface area contributed by atoms with Gasteiger partial charge in [-0.05, 0) is 60.7 Å². The lowest BCUT2D eigenvalue weighted by molar-refractivity contribution is 0.161. The average Bonchev–Trinajstić information content (AvgIpc) is 2.93. The normalized spacial score (nSPS) is 13.2. The van der Waals surface area contributed by atoms with E-state index in [1.165, 1.54) is 0 Å². The number of aryl methyl sites for hydroxylation is 1. The predicted octanol–water partition coefficient (Wildman–Crippen LogP) is 5.19. The van der Waals surface area contributed by atoms with E-state index in [9.17, 15) is 5.26 Å². The van der Waals surface area contributed by atoms with E-state index in [-0.39, 0.29) is 0 Å². The third kappa shape index (κ3) is 5.04. The number of benzene rings is 2. The number of hydrogen-bond donors (Lipinski definition) is 0. The molecule has 0 saturated carbocycles. The van der Waals surface area contributed by atoms with Gasteiger partial charge in [0.2, 0.25) is 0 Å². The molecule has 0 bridgehead atoms. The number of nitriles is 1. The van der Waals surface area contributed by atoms with Crippen LogP contribution in [0.3, 0.4) is 0 Å². The number of methoxy groups -OCH3 is 1. The van der Waals surface area contributed by atoms with Crippen molar-refractivity contribution < 1.29 is 14.2 Å². The van der Waals surface area contributed by atoms with Crippen molar-refractivity contribution in [1.82, 2.24) is 15.0 Å². The zero-order valence-corrected chi connectivity index (χ0v) is 20.3. The molecule has 0 saturated heterocycles. The third-order valence-corrected chi connectivity index (χ3v) is 6.19. The van der Waals surface area contributed by atoms with Crippen molar-refractivity contribution in [3.63, 3.8) is 0 Å². The molecule has 5 rings (SSSR count). The molecule has 7 heteroatoms. The Kier molecular flexibility index (Phi) is 6.87. The first-order valence-corrected chi connectivity index (χ1v) is 11.8. The molecule has 0 fully saturated rings. The van der Waals surface area contributed by atoms with Crippen LogP contribution in [0.5, 0.6) is 11.5 Å². The summed E-state index contributed by atoms with van der Waals surface area (Å²) in [5.74, 6) is 1.29. The fourth-order valence-electron chi connectivity index (χ4n) is 4.21. The van der Waals surface area contributed by atoms with Gasteiger partial charge in [-0.15, -0.1) is 0 Å². The maximum Gasteiger partial charge on any atom is 0.161 e. The number of hydrogen-bond acceptors (Lipinski definition) is 7. The Hall–Kier alpha value is -4.28. The predicted molar refractivity (Wildman–Crippen MR) is 137 cm³/mol. The van der Waals surface area contributed by atoms with Crippen molar-refractivity contribution in [2.45, 2.75) is 26.4 Å². The van der Waals surface area contributed by atoms with E-state index >= 15 is 0 Å². The highest BCUT2D eigenvalue weighted by Crippen LogP contribution is 2.31. The molecule has 36 heavy (non-hydrogen) atoms. The van der Waals surface area contributed by atoms with Crippen LogP contribution in [-0.4, -0.2) is 35.3 Å². The number of aromatic nitrogens is 3. The minimum absolute atomic E-state index is 0.399. The van der Waals surface area contributed by atoms with Crippen molar-refractivity contribution >= 4 is 16.6 Å². The summed E-state index contributed by atoms with van der Waals surface area (Å²) < 4.78 is 17.0. The topological polar surface area (TPSA) is 90.2 Å². The number of pyridine rings is 1. The van der Waals surface area contributed by atoms with Gasteiger partial charge in [0.15, 0.2) is 11.5 Å². The van der Waals surface area contributed by atoms with Crippen LogP contribution >= 0.6 is 0 Å². The lowest BCUT2D eigenvalue weighted by Crippen LogP contribution is -2.06. The first-order chi connectivity index (χ1) is 17.6. The summed E-state index contributed by atoms with van der Waals surface area (Å²) >= 11 is 0. The molecule has 0 amide bonds. The summed E-state index contributed by atoms with van der Waals surface area (Å²) in [5.41, 5.74) is 7.62. The van der Waals surface area contributed by atoms with Gasteiger partial charge in [-0.3, -0.25) is 9.97 Å². The van der Waals surface area contributed by atoms with Crippen molar-refractivity contribution in [2.75, 3.05) is 20.3 Å². The summed E-state index contributed by atoms with van der Waals surface area (Å²) in [6.07, 6.45) is 6.96. The molecule has 0 unspecified atom stereocenters. The molecule has 2 aromatic carbocycles. The Morgan fingerprint density at radius 1 is 1.03 bits per heavy atom. The molecule has 0 aliphatic carbocycles. The lowest BCUT2D eigenvalue weighted by Gasteiger charge is -2.14. The molecule has 7 nitrogen and oxygen atoms in total. The largest absolute Gasteiger partial charge is 0.493 e. The summed E-state index contributed by atoms with van der Waals surface area (Å²) in [6.45, 7) is 3.59. The molecular formula is C29H26N4O3. The van der Waals surface area contributed by atoms with E-state index < -0.39 is 0 Å². The number of ether oxygens (including phenoxy) is 3. The molecule has 1 aliphatic rings. The van der Waals surface area contributed by atoms with E-state index in [1.54, 1.807) is 13.3 Å². The molecule has 0 N–H and O–H groups in total. The minimum atomic E-state index is 0.399. The number of fused-ring (bicyclic) bond motifs is 1. The van der Waals surface area contributed by atoms with Gasteiger partial charge >= 0.3 is 0 Å². The van der Waals surface area contributed by atoms with Gasteiger partial charge < -0.3 is 14.2 Å². The Bertz CT molecular complexity index is 1470. The van der Waals surface area contributed by atoms with E-state index in [1.807, 2.05) is 61.7 Å². The van der Waals surface area contributed by atoms with Crippen LogP contribution in [-0.2, 0) is 17.8 Å². The highest BCUT2D eigenvalue weighted by molar-refractivity contribution is 5.84. The van der Waals surface area contributed by atoms with Gasteiger partial charge in [-0.25, -0.2) is 4.98 Å². The quantitative estimate of drug-likeness (QED) is 0.361. The molecule has 0 atom stereocenters. The van der Waals surface area contributed by atoms with Crippen LogP contribution in [0.1, 0.15) is 40.1 Å². The zero-order valence-electron chi connectivity index (χ0n) is 20.3. The molecule has 3 heterocycles. The summed E-state index contributed by atoms with van der Waals surface area (Å²) in [5, 5.41) is 10.0. The second kappa shape index (κ2) is 10.5. The Morgan fingerprint density at radius 2 is 1.92 bits per heavy atom. The smallest absolute Gasteiger partial charge is 0.161 e. The first-order valence-electron chi connectivity index (χ1n) is 11.8. The van der Waals surface area contributed by atoms with Crippen LogP contribution in [0.2, 0.25) is 0 Å². The van der Waals surface area contributed by atoms with Crippen LogP contribution in [0, 0.1) is 18.3 Å². The summed E-state index contributed by atoms with van der Waals surface area (Å²) in [4.78, 5) is 13.7. The van der Waals surface area contributed by atoms with Gasteiger partial charge in [0.25, 0.3) is 0 Å². The summed E-state index contributed by atoms with van der Waals surface area (Å²) in [7, 11) is 1.62. The van der Waals surface area contributed by atoms with Crippen molar-refractivity contribution in [2.24, 2.45) is 0 Å². The van der Waals surface area contributed by atoms with Crippen molar-refractivity contribution in [1.29, 1.82) is 5.26 Å². The monoisotopic (exact) mass is 478 g/mol. The molecule has 180 valence electrons.